The molecule has 0 heterocycles. The summed E-state index contributed by atoms with van der Waals surface area (Å²) in [6, 6.07) is 5.16. The van der Waals surface area contributed by atoms with Crippen molar-refractivity contribution in [3.05, 3.63) is 35.1 Å². The molecule has 1 aromatic carbocycles. The molecule has 3 nitrogen and oxygen atoms in total. The number of hydrogen-bond acceptors (Lipinski definition) is 3. The van der Waals surface area contributed by atoms with Crippen molar-refractivity contribution in [2.45, 2.75) is 32.4 Å². The maximum Gasteiger partial charge on any atom is 0.340 e. The van der Waals surface area contributed by atoms with Gasteiger partial charge in [-0.2, -0.15) is 0 Å². The number of ether oxygens (including phenoxy) is 1. The van der Waals surface area contributed by atoms with Crippen LogP contribution in [0, 0.1) is 11.7 Å². The van der Waals surface area contributed by atoms with Crippen molar-refractivity contribution in [2.24, 2.45) is 5.92 Å². The van der Waals surface area contributed by atoms with Gasteiger partial charge in [-0.3, -0.25) is 0 Å². The highest BCUT2D eigenvalue weighted by atomic mass is 19.1. The molecule has 0 radical (unpaired) electrons. The minimum atomic E-state index is -0.639. The highest BCUT2D eigenvalue weighted by molar-refractivity contribution is 5.89. The predicted molar refractivity (Wildman–Crippen MR) is 66.8 cm³/mol. The van der Waals surface area contributed by atoms with Gasteiger partial charge in [0.05, 0.1) is 12.7 Å². The fourth-order valence-electron chi connectivity index (χ4n) is 2.28. The van der Waals surface area contributed by atoms with E-state index in [0.29, 0.717) is 12.6 Å². The van der Waals surface area contributed by atoms with Crippen molar-refractivity contribution >= 4 is 5.97 Å². The van der Waals surface area contributed by atoms with Crippen LogP contribution in [0.2, 0.25) is 0 Å². The Bertz CT molecular complexity index is 441. The standard InChI is InChI=1S/C14H18FNO2/c1-9-5-11(6-9)16-8-10-3-4-12(13(15)7-10)14(17)18-2/h3-4,7,9,11,16H,5-6,8H2,1-2H3. The Hall–Kier alpha value is -1.42. The number of rotatable bonds is 4. The number of halogens is 1. The van der Waals surface area contributed by atoms with Crippen molar-refractivity contribution in [1.82, 2.24) is 5.32 Å². The monoisotopic (exact) mass is 251 g/mol. The normalized spacial score (nSPS) is 22.4. The van der Waals surface area contributed by atoms with E-state index in [1.54, 1.807) is 6.07 Å². The van der Waals surface area contributed by atoms with Crippen LogP contribution in [-0.4, -0.2) is 19.1 Å². The van der Waals surface area contributed by atoms with Crippen molar-refractivity contribution in [2.75, 3.05) is 7.11 Å². The first-order valence-electron chi connectivity index (χ1n) is 6.20. The zero-order valence-electron chi connectivity index (χ0n) is 10.7. The lowest BCUT2D eigenvalue weighted by molar-refractivity contribution is 0.0595. The molecule has 1 aliphatic rings. The van der Waals surface area contributed by atoms with Crippen LogP contribution in [0.1, 0.15) is 35.7 Å². The highest BCUT2D eigenvalue weighted by Gasteiger charge is 2.24. The topological polar surface area (TPSA) is 38.3 Å². The third-order valence-corrected chi connectivity index (χ3v) is 3.41. The molecular formula is C14H18FNO2. The largest absolute Gasteiger partial charge is 0.465 e. The summed E-state index contributed by atoms with van der Waals surface area (Å²) in [5, 5.41) is 3.37. The second-order valence-corrected chi connectivity index (χ2v) is 4.96. The Balaban J connectivity index is 1.94. The summed E-state index contributed by atoms with van der Waals surface area (Å²) < 4.78 is 18.1. The van der Waals surface area contributed by atoms with Gasteiger partial charge in [-0.15, -0.1) is 0 Å². The second-order valence-electron chi connectivity index (χ2n) is 4.96. The zero-order valence-corrected chi connectivity index (χ0v) is 10.7. The van der Waals surface area contributed by atoms with Crippen LogP contribution >= 0.6 is 0 Å². The molecule has 0 aliphatic heterocycles. The first-order valence-corrected chi connectivity index (χ1v) is 6.20. The molecule has 1 aromatic rings. The quantitative estimate of drug-likeness (QED) is 0.836. The lowest BCUT2D eigenvalue weighted by Gasteiger charge is -2.33. The molecule has 2 rings (SSSR count). The van der Waals surface area contributed by atoms with E-state index in [1.165, 1.54) is 32.1 Å². The summed E-state index contributed by atoms with van der Waals surface area (Å²) in [4.78, 5) is 11.2. The minimum Gasteiger partial charge on any atom is -0.465 e. The summed E-state index contributed by atoms with van der Waals surface area (Å²) in [6.07, 6.45) is 2.37. The van der Waals surface area contributed by atoms with Crippen LogP contribution in [0.5, 0.6) is 0 Å². The first-order chi connectivity index (χ1) is 8.60. The Morgan fingerprint density at radius 2 is 2.22 bits per heavy atom. The molecule has 1 N–H and O–H groups in total. The molecular weight excluding hydrogens is 233 g/mol. The van der Waals surface area contributed by atoms with Crippen LogP contribution in [0.15, 0.2) is 18.2 Å². The van der Waals surface area contributed by atoms with E-state index < -0.39 is 11.8 Å². The molecule has 0 saturated heterocycles. The Morgan fingerprint density at radius 1 is 1.50 bits per heavy atom. The number of nitrogens with one attached hydrogen (secondary N) is 1. The van der Waals surface area contributed by atoms with Gasteiger partial charge in [-0.25, -0.2) is 9.18 Å². The SMILES string of the molecule is COC(=O)c1ccc(CNC2CC(C)C2)cc1F. The number of benzene rings is 1. The molecule has 0 aromatic heterocycles. The van der Waals surface area contributed by atoms with Gasteiger partial charge in [-0.1, -0.05) is 13.0 Å². The molecule has 1 saturated carbocycles. The van der Waals surface area contributed by atoms with Crippen LogP contribution in [0.4, 0.5) is 4.39 Å². The van der Waals surface area contributed by atoms with E-state index in [2.05, 4.69) is 17.0 Å². The third-order valence-electron chi connectivity index (χ3n) is 3.41. The average molecular weight is 251 g/mol. The third kappa shape index (κ3) is 2.88. The summed E-state index contributed by atoms with van der Waals surface area (Å²) >= 11 is 0. The van der Waals surface area contributed by atoms with Gasteiger partial charge in [-0.05, 0) is 36.5 Å². The lowest BCUT2D eigenvalue weighted by Crippen LogP contribution is -2.39. The van der Waals surface area contributed by atoms with Crippen molar-refractivity contribution < 1.29 is 13.9 Å². The molecule has 1 fully saturated rings. The van der Waals surface area contributed by atoms with Crippen molar-refractivity contribution in [3.8, 4) is 0 Å². The maximum atomic E-state index is 13.6. The average Bonchev–Trinajstić information content (AvgIpc) is 2.32. The first kappa shape index (κ1) is 13.0. The van der Waals surface area contributed by atoms with E-state index in [9.17, 15) is 9.18 Å². The Kier molecular flexibility index (Phi) is 3.97. The van der Waals surface area contributed by atoms with Crippen molar-refractivity contribution in [1.29, 1.82) is 0 Å². The minimum absolute atomic E-state index is 0.0153. The fraction of sp³-hybridized carbons (Fsp3) is 0.500. The highest BCUT2D eigenvalue weighted by Crippen LogP contribution is 2.26. The van der Waals surface area contributed by atoms with Gasteiger partial charge in [0, 0.05) is 12.6 Å². The Labute approximate surface area is 106 Å². The predicted octanol–water partition coefficient (Wildman–Crippen LogP) is 2.50. The van der Waals surface area contributed by atoms with Crippen LogP contribution in [0.25, 0.3) is 0 Å². The zero-order chi connectivity index (χ0) is 13.1. The Morgan fingerprint density at radius 3 is 2.78 bits per heavy atom. The summed E-state index contributed by atoms with van der Waals surface area (Å²) in [7, 11) is 1.25. The van der Waals surface area contributed by atoms with Gasteiger partial charge in [0.25, 0.3) is 0 Å². The molecule has 0 spiro atoms. The van der Waals surface area contributed by atoms with Crippen LogP contribution < -0.4 is 5.32 Å². The number of hydrogen-bond donors (Lipinski definition) is 1. The molecule has 18 heavy (non-hydrogen) atoms. The van der Waals surface area contributed by atoms with Gasteiger partial charge in [0.1, 0.15) is 5.82 Å². The molecule has 0 bridgehead atoms. The van der Waals surface area contributed by atoms with Gasteiger partial charge in [0.15, 0.2) is 0 Å². The molecule has 4 heteroatoms. The number of esters is 1. The van der Waals surface area contributed by atoms with Crippen LogP contribution in [0.3, 0.4) is 0 Å². The van der Waals surface area contributed by atoms with Crippen molar-refractivity contribution in [3.63, 3.8) is 0 Å². The molecule has 98 valence electrons. The summed E-state index contributed by atoms with van der Waals surface area (Å²) in [5.74, 6) is -0.371. The molecule has 1 aliphatic carbocycles. The summed E-state index contributed by atoms with van der Waals surface area (Å²) in [6.45, 7) is 2.86. The maximum absolute atomic E-state index is 13.6. The second kappa shape index (κ2) is 5.48. The fourth-order valence-corrected chi connectivity index (χ4v) is 2.28. The lowest BCUT2D eigenvalue weighted by atomic mass is 9.82. The van der Waals surface area contributed by atoms with Crippen LogP contribution in [-0.2, 0) is 11.3 Å². The summed E-state index contributed by atoms with van der Waals surface area (Å²) in [5.41, 5.74) is 0.832. The smallest absolute Gasteiger partial charge is 0.340 e. The van der Waals surface area contributed by atoms with Gasteiger partial charge < -0.3 is 10.1 Å². The number of methoxy groups -OCH3 is 1. The molecule has 0 atom stereocenters. The van der Waals surface area contributed by atoms with E-state index in [1.807, 2.05) is 0 Å². The molecule has 0 unspecified atom stereocenters. The van der Waals surface area contributed by atoms with Gasteiger partial charge in [0.2, 0.25) is 0 Å². The molecule has 0 amide bonds. The van der Waals surface area contributed by atoms with E-state index in [4.69, 9.17) is 0 Å². The van der Waals surface area contributed by atoms with E-state index in [-0.39, 0.29) is 5.56 Å². The number of carbonyl (C=O) groups excluding carboxylic acids is 1. The van der Waals surface area contributed by atoms with E-state index >= 15 is 0 Å². The van der Waals surface area contributed by atoms with Gasteiger partial charge >= 0.3 is 5.97 Å². The number of carbonyl (C=O) groups is 1. The van der Waals surface area contributed by atoms with E-state index in [0.717, 1.165) is 11.5 Å².